The molecule has 0 spiro atoms. The normalized spacial score (nSPS) is 17.4. The zero-order valence-electron chi connectivity index (χ0n) is 12.8. The molecular weight excluding hydrogens is 386 g/mol. The molecule has 1 atom stereocenters. The Morgan fingerprint density at radius 3 is 2.44 bits per heavy atom. The summed E-state index contributed by atoms with van der Waals surface area (Å²) >= 11 is 3.41. The summed E-state index contributed by atoms with van der Waals surface area (Å²) in [5, 5.41) is 24.3. The van der Waals surface area contributed by atoms with Gasteiger partial charge in [0.1, 0.15) is 0 Å². The van der Waals surface area contributed by atoms with Crippen molar-refractivity contribution in [3.05, 3.63) is 76.0 Å². The van der Waals surface area contributed by atoms with E-state index in [0.29, 0.717) is 5.57 Å². The molecule has 124 valence electrons. The number of hydrogen-bond donors (Lipinski definition) is 2. The van der Waals surface area contributed by atoms with Crippen molar-refractivity contribution in [1.82, 2.24) is 20.6 Å². The molecule has 0 saturated heterocycles. The summed E-state index contributed by atoms with van der Waals surface area (Å²) in [6, 6.07) is 16.3. The van der Waals surface area contributed by atoms with E-state index in [0.717, 1.165) is 15.6 Å². The molecule has 0 bridgehead atoms. The number of nitrogens with one attached hydrogen (secondary N) is 1. The number of aliphatic hydroxyl groups excluding tert-OH is 1. The monoisotopic (exact) mass is 397 g/mol. The van der Waals surface area contributed by atoms with Crippen molar-refractivity contribution in [2.75, 3.05) is 4.90 Å². The maximum absolute atomic E-state index is 12.7. The van der Waals surface area contributed by atoms with Crippen LogP contribution in [0.5, 0.6) is 0 Å². The highest BCUT2D eigenvalue weighted by Gasteiger charge is 2.43. The van der Waals surface area contributed by atoms with Gasteiger partial charge in [-0.3, -0.25) is 9.69 Å². The average molecular weight is 398 g/mol. The quantitative estimate of drug-likeness (QED) is 0.707. The summed E-state index contributed by atoms with van der Waals surface area (Å²) in [5.41, 5.74) is 2.09. The van der Waals surface area contributed by atoms with Gasteiger partial charge in [0.2, 0.25) is 0 Å². The molecule has 2 aromatic carbocycles. The largest absolute Gasteiger partial charge is 0.503 e. The van der Waals surface area contributed by atoms with E-state index >= 15 is 0 Å². The summed E-state index contributed by atoms with van der Waals surface area (Å²) < 4.78 is 0.918. The lowest BCUT2D eigenvalue weighted by Crippen LogP contribution is -2.31. The van der Waals surface area contributed by atoms with Crippen molar-refractivity contribution in [2.45, 2.75) is 6.04 Å². The Bertz CT molecular complexity index is 939. The van der Waals surface area contributed by atoms with Gasteiger partial charge in [0.25, 0.3) is 11.9 Å². The third-order valence-corrected chi connectivity index (χ3v) is 4.56. The number of nitrogens with zero attached hydrogens (tertiary/aromatic N) is 4. The molecule has 1 aliphatic rings. The van der Waals surface area contributed by atoms with E-state index in [-0.39, 0.29) is 11.7 Å². The number of aliphatic hydroxyl groups is 1. The fourth-order valence-electron chi connectivity index (χ4n) is 2.94. The van der Waals surface area contributed by atoms with Crippen molar-refractivity contribution in [1.29, 1.82) is 0 Å². The van der Waals surface area contributed by atoms with Gasteiger partial charge >= 0.3 is 0 Å². The summed E-state index contributed by atoms with van der Waals surface area (Å²) in [4.78, 5) is 14.1. The Hall–Kier alpha value is -3.00. The molecule has 1 aliphatic heterocycles. The van der Waals surface area contributed by atoms with Gasteiger partial charge in [-0.25, -0.2) is 0 Å². The van der Waals surface area contributed by atoms with Crippen LogP contribution < -0.4 is 4.90 Å². The minimum absolute atomic E-state index is 0.107. The number of H-pyrrole nitrogens is 1. The van der Waals surface area contributed by atoms with Crippen molar-refractivity contribution in [3.63, 3.8) is 0 Å². The van der Waals surface area contributed by atoms with Crippen LogP contribution in [-0.2, 0) is 4.79 Å². The molecule has 3 aromatic rings. The first kappa shape index (κ1) is 15.5. The SMILES string of the molecule is O=C1C(O)=C(c2ccccc2)[C@@H](c2ccc(Br)cc2)N1c1nn[nH]n1. The first-order chi connectivity index (χ1) is 12.2. The Kier molecular flexibility index (Phi) is 3.81. The molecule has 2 heterocycles. The van der Waals surface area contributed by atoms with E-state index in [4.69, 9.17) is 0 Å². The molecule has 1 amide bonds. The van der Waals surface area contributed by atoms with Crippen LogP contribution in [0, 0.1) is 0 Å². The van der Waals surface area contributed by atoms with Crippen LogP contribution in [0.1, 0.15) is 17.2 Å². The molecule has 8 heteroatoms. The molecule has 4 rings (SSSR count). The zero-order chi connectivity index (χ0) is 17.4. The maximum atomic E-state index is 12.7. The van der Waals surface area contributed by atoms with Gasteiger partial charge in [0, 0.05) is 10.0 Å². The Balaban J connectivity index is 1.91. The van der Waals surface area contributed by atoms with Crippen LogP contribution in [-0.4, -0.2) is 31.6 Å². The second-order valence-corrected chi connectivity index (χ2v) is 6.39. The third-order valence-electron chi connectivity index (χ3n) is 4.03. The maximum Gasteiger partial charge on any atom is 0.296 e. The van der Waals surface area contributed by atoms with E-state index in [1.54, 1.807) is 0 Å². The highest BCUT2D eigenvalue weighted by atomic mass is 79.9. The highest BCUT2D eigenvalue weighted by Crippen LogP contribution is 2.44. The lowest BCUT2D eigenvalue weighted by Gasteiger charge is -2.24. The van der Waals surface area contributed by atoms with Gasteiger partial charge in [-0.05, 0) is 28.5 Å². The van der Waals surface area contributed by atoms with Gasteiger partial charge in [-0.1, -0.05) is 63.5 Å². The second-order valence-electron chi connectivity index (χ2n) is 5.47. The molecule has 0 unspecified atom stereocenters. The lowest BCUT2D eigenvalue weighted by atomic mass is 9.94. The summed E-state index contributed by atoms with van der Waals surface area (Å²) in [5.74, 6) is -0.771. The number of benzene rings is 2. The lowest BCUT2D eigenvalue weighted by molar-refractivity contribution is -0.117. The summed E-state index contributed by atoms with van der Waals surface area (Å²) in [6.45, 7) is 0. The van der Waals surface area contributed by atoms with Crippen LogP contribution in [0.2, 0.25) is 0 Å². The number of amides is 1. The van der Waals surface area contributed by atoms with E-state index in [1.165, 1.54) is 4.90 Å². The molecule has 0 saturated carbocycles. The number of rotatable bonds is 3. The predicted molar refractivity (Wildman–Crippen MR) is 94.5 cm³/mol. The van der Waals surface area contributed by atoms with E-state index in [2.05, 4.69) is 36.6 Å². The van der Waals surface area contributed by atoms with Crippen molar-refractivity contribution in [3.8, 4) is 0 Å². The van der Waals surface area contributed by atoms with Crippen LogP contribution in [0.4, 0.5) is 5.95 Å². The van der Waals surface area contributed by atoms with E-state index in [1.807, 2.05) is 54.6 Å². The van der Waals surface area contributed by atoms with Gasteiger partial charge in [-0.15, -0.1) is 5.10 Å². The number of carbonyl (C=O) groups excluding carboxylic acids is 1. The second kappa shape index (κ2) is 6.14. The van der Waals surface area contributed by atoms with Crippen molar-refractivity contribution in [2.24, 2.45) is 0 Å². The van der Waals surface area contributed by atoms with Crippen LogP contribution in [0.15, 0.2) is 64.8 Å². The Morgan fingerprint density at radius 2 is 1.80 bits per heavy atom. The number of aromatic amines is 1. The minimum atomic E-state index is -0.562. The van der Waals surface area contributed by atoms with Crippen molar-refractivity contribution >= 4 is 33.4 Å². The van der Waals surface area contributed by atoms with Crippen LogP contribution in [0.25, 0.3) is 5.57 Å². The van der Waals surface area contributed by atoms with Crippen LogP contribution in [0.3, 0.4) is 0 Å². The van der Waals surface area contributed by atoms with Gasteiger partial charge in [-0.2, -0.15) is 5.21 Å². The fourth-order valence-corrected chi connectivity index (χ4v) is 3.21. The minimum Gasteiger partial charge on any atom is -0.503 e. The molecular formula is C17H12BrN5O2. The van der Waals surface area contributed by atoms with Crippen molar-refractivity contribution < 1.29 is 9.90 Å². The first-order valence-corrected chi connectivity index (χ1v) is 8.27. The number of aromatic nitrogens is 4. The number of carbonyl (C=O) groups is 1. The zero-order valence-corrected chi connectivity index (χ0v) is 14.4. The molecule has 0 radical (unpaired) electrons. The number of tetrazole rings is 1. The summed E-state index contributed by atoms with van der Waals surface area (Å²) in [6.07, 6.45) is 0. The molecule has 0 fully saturated rings. The molecule has 7 nitrogen and oxygen atoms in total. The van der Waals surface area contributed by atoms with Gasteiger partial charge in [0.05, 0.1) is 6.04 Å². The molecule has 1 aromatic heterocycles. The van der Waals surface area contributed by atoms with Gasteiger partial charge < -0.3 is 5.11 Å². The molecule has 2 N–H and O–H groups in total. The molecule has 25 heavy (non-hydrogen) atoms. The fraction of sp³-hybridized carbons (Fsp3) is 0.0588. The number of hydrogen-bond acceptors (Lipinski definition) is 5. The third kappa shape index (κ3) is 2.60. The van der Waals surface area contributed by atoms with E-state index in [9.17, 15) is 9.90 Å². The standard InChI is InChI=1S/C17H12BrN5O2/c18-12-8-6-11(7-9-12)14-13(10-4-2-1-3-5-10)15(24)16(25)23(14)17-19-21-22-20-17/h1-9,14,24H,(H,19,20,21,22)/t14-/m1/s1. The highest BCUT2D eigenvalue weighted by molar-refractivity contribution is 9.10. The van der Waals surface area contributed by atoms with Gasteiger partial charge in [0.15, 0.2) is 5.76 Å². The Morgan fingerprint density at radius 1 is 1.08 bits per heavy atom. The summed E-state index contributed by atoms with van der Waals surface area (Å²) in [7, 11) is 0. The molecule has 0 aliphatic carbocycles. The topological polar surface area (TPSA) is 95.0 Å². The predicted octanol–water partition coefficient (Wildman–Crippen LogP) is 3.02. The number of anilines is 1. The number of halogens is 1. The average Bonchev–Trinajstić information content (AvgIpc) is 3.24. The van der Waals surface area contributed by atoms with E-state index < -0.39 is 11.9 Å². The first-order valence-electron chi connectivity index (χ1n) is 7.48. The van der Waals surface area contributed by atoms with Crippen LogP contribution >= 0.6 is 15.9 Å². The Labute approximate surface area is 151 Å². The smallest absolute Gasteiger partial charge is 0.296 e.